The van der Waals surface area contributed by atoms with Crippen LogP contribution in [0.15, 0.2) is 0 Å². The SMILES string of the molecule is CCC1CC(C)CN1CCCCC(=O)O. The van der Waals surface area contributed by atoms with Gasteiger partial charge in [-0.25, -0.2) is 0 Å². The summed E-state index contributed by atoms with van der Waals surface area (Å²) in [7, 11) is 0. The van der Waals surface area contributed by atoms with E-state index in [0.717, 1.165) is 31.3 Å². The van der Waals surface area contributed by atoms with Gasteiger partial charge < -0.3 is 10.0 Å². The van der Waals surface area contributed by atoms with E-state index in [4.69, 9.17) is 5.11 Å². The molecule has 0 saturated carbocycles. The van der Waals surface area contributed by atoms with Gasteiger partial charge in [-0.05, 0) is 38.1 Å². The Morgan fingerprint density at radius 3 is 2.80 bits per heavy atom. The standard InChI is InChI=1S/C12H23NO2/c1-3-11-8-10(2)9-13(11)7-5-4-6-12(14)15/h10-11H,3-9H2,1-2H3,(H,14,15). The molecule has 15 heavy (non-hydrogen) atoms. The van der Waals surface area contributed by atoms with Crippen LogP contribution in [0.25, 0.3) is 0 Å². The number of aliphatic carboxylic acids is 1. The van der Waals surface area contributed by atoms with E-state index < -0.39 is 5.97 Å². The Morgan fingerprint density at radius 1 is 1.47 bits per heavy atom. The summed E-state index contributed by atoms with van der Waals surface area (Å²) >= 11 is 0. The summed E-state index contributed by atoms with van der Waals surface area (Å²) in [5.74, 6) is 0.145. The Bertz CT molecular complexity index is 206. The van der Waals surface area contributed by atoms with Crippen LogP contribution in [0.2, 0.25) is 0 Å². The van der Waals surface area contributed by atoms with E-state index >= 15 is 0 Å². The highest BCUT2D eigenvalue weighted by Gasteiger charge is 2.27. The van der Waals surface area contributed by atoms with Gasteiger partial charge in [-0.1, -0.05) is 13.8 Å². The van der Waals surface area contributed by atoms with Crippen molar-refractivity contribution in [1.29, 1.82) is 0 Å². The number of carboxylic acids is 1. The van der Waals surface area contributed by atoms with Gasteiger partial charge in [-0.3, -0.25) is 4.79 Å². The molecule has 2 atom stereocenters. The molecule has 0 amide bonds. The molecule has 0 aromatic rings. The van der Waals surface area contributed by atoms with E-state index in [1.54, 1.807) is 0 Å². The van der Waals surface area contributed by atoms with Gasteiger partial charge in [-0.2, -0.15) is 0 Å². The van der Waals surface area contributed by atoms with Gasteiger partial charge in [0.25, 0.3) is 0 Å². The van der Waals surface area contributed by atoms with Crippen LogP contribution in [0.4, 0.5) is 0 Å². The Balaban J connectivity index is 2.17. The number of rotatable bonds is 6. The normalized spacial score (nSPS) is 27.1. The van der Waals surface area contributed by atoms with Crippen molar-refractivity contribution in [2.75, 3.05) is 13.1 Å². The van der Waals surface area contributed by atoms with Gasteiger partial charge in [-0.15, -0.1) is 0 Å². The van der Waals surface area contributed by atoms with E-state index in [1.165, 1.54) is 19.4 Å². The van der Waals surface area contributed by atoms with E-state index in [9.17, 15) is 4.79 Å². The van der Waals surface area contributed by atoms with Gasteiger partial charge >= 0.3 is 5.97 Å². The molecule has 1 N–H and O–H groups in total. The van der Waals surface area contributed by atoms with Crippen molar-refractivity contribution >= 4 is 5.97 Å². The minimum atomic E-state index is -0.670. The molecule has 1 saturated heterocycles. The molecule has 0 aromatic carbocycles. The van der Waals surface area contributed by atoms with Crippen LogP contribution < -0.4 is 0 Å². The summed E-state index contributed by atoms with van der Waals surface area (Å²) in [6.45, 7) is 6.83. The minimum absolute atomic E-state index is 0.320. The largest absolute Gasteiger partial charge is 0.481 e. The van der Waals surface area contributed by atoms with Crippen molar-refractivity contribution in [2.24, 2.45) is 5.92 Å². The molecule has 0 spiro atoms. The van der Waals surface area contributed by atoms with E-state index in [0.29, 0.717) is 6.42 Å². The first kappa shape index (κ1) is 12.5. The Hall–Kier alpha value is -0.570. The van der Waals surface area contributed by atoms with E-state index in [-0.39, 0.29) is 0 Å². The second-order valence-electron chi connectivity index (χ2n) is 4.75. The van der Waals surface area contributed by atoms with Crippen LogP contribution in [-0.2, 0) is 4.79 Å². The highest BCUT2D eigenvalue weighted by molar-refractivity contribution is 5.66. The van der Waals surface area contributed by atoms with Crippen LogP contribution in [0.3, 0.4) is 0 Å². The fourth-order valence-corrected chi connectivity index (χ4v) is 2.53. The first-order valence-corrected chi connectivity index (χ1v) is 6.09. The molecule has 1 rings (SSSR count). The van der Waals surface area contributed by atoms with Crippen LogP contribution in [0.1, 0.15) is 46.0 Å². The quantitative estimate of drug-likeness (QED) is 0.689. The fraction of sp³-hybridized carbons (Fsp3) is 0.917. The third kappa shape index (κ3) is 4.20. The Labute approximate surface area is 92.5 Å². The maximum Gasteiger partial charge on any atom is 0.303 e. The Kier molecular flexibility index (Phi) is 5.09. The molecule has 0 aliphatic carbocycles. The molecule has 0 aromatic heterocycles. The summed E-state index contributed by atoms with van der Waals surface area (Å²) in [6, 6.07) is 0.741. The summed E-state index contributed by atoms with van der Waals surface area (Å²) in [4.78, 5) is 12.9. The van der Waals surface area contributed by atoms with Gasteiger partial charge in [0.1, 0.15) is 0 Å². The molecular formula is C12H23NO2. The van der Waals surface area contributed by atoms with Gasteiger partial charge in [0.05, 0.1) is 0 Å². The number of hydrogen-bond donors (Lipinski definition) is 1. The topological polar surface area (TPSA) is 40.5 Å². The highest BCUT2D eigenvalue weighted by Crippen LogP contribution is 2.25. The molecular weight excluding hydrogens is 190 g/mol. The second kappa shape index (κ2) is 6.11. The van der Waals surface area contributed by atoms with Crippen molar-refractivity contribution in [3.63, 3.8) is 0 Å². The third-order valence-corrected chi connectivity index (χ3v) is 3.29. The van der Waals surface area contributed by atoms with E-state index in [1.807, 2.05) is 0 Å². The van der Waals surface area contributed by atoms with E-state index in [2.05, 4.69) is 18.7 Å². The molecule has 1 aliphatic heterocycles. The average molecular weight is 213 g/mol. The monoisotopic (exact) mass is 213 g/mol. The fourth-order valence-electron chi connectivity index (χ4n) is 2.53. The summed E-state index contributed by atoms with van der Waals surface area (Å²) in [5, 5.41) is 8.53. The van der Waals surface area contributed by atoms with Crippen LogP contribution in [-0.4, -0.2) is 35.1 Å². The van der Waals surface area contributed by atoms with Crippen LogP contribution in [0.5, 0.6) is 0 Å². The van der Waals surface area contributed by atoms with Gasteiger partial charge in [0.2, 0.25) is 0 Å². The number of carboxylic acid groups (broad SMARTS) is 1. The second-order valence-corrected chi connectivity index (χ2v) is 4.75. The first-order valence-electron chi connectivity index (χ1n) is 6.09. The molecule has 0 radical (unpaired) electrons. The zero-order valence-corrected chi connectivity index (χ0v) is 9.91. The van der Waals surface area contributed by atoms with Crippen molar-refractivity contribution in [2.45, 2.75) is 52.0 Å². The average Bonchev–Trinajstić information content (AvgIpc) is 2.53. The van der Waals surface area contributed by atoms with Crippen molar-refractivity contribution in [3.05, 3.63) is 0 Å². The number of hydrogen-bond acceptors (Lipinski definition) is 2. The molecule has 3 nitrogen and oxygen atoms in total. The number of unbranched alkanes of at least 4 members (excludes halogenated alkanes) is 1. The maximum absolute atomic E-state index is 10.4. The number of carbonyl (C=O) groups is 1. The molecule has 88 valence electrons. The summed E-state index contributed by atoms with van der Waals surface area (Å²) in [5.41, 5.74) is 0. The smallest absolute Gasteiger partial charge is 0.303 e. The van der Waals surface area contributed by atoms with Gasteiger partial charge in [0.15, 0.2) is 0 Å². The minimum Gasteiger partial charge on any atom is -0.481 e. The van der Waals surface area contributed by atoms with Crippen LogP contribution in [0, 0.1) is 5.92 Å². The number of nitrogens with zero attached hydrogens (tertiary/aromatic N) is 1. The maximum atomic E-state index is 10.4. The predicted molar refractivity (Wildman–Crippen MR) is 60.9 cm³/mol. The lowest BCUT2D eigenvalue weighted by molar-refractivity contribution is -0.137. The zero-order chi connectivity index (χ0) is 11.3. The summed E-state index contributed by atoms with van der Waals surface area (Å²) < 4.78 is 0. The third-order valence-electron chi connectivity index (χ3n) is 3.29. The molecule has 0 bridgehead atoms. The summed E-state index contributed by atoms with van der Waals surface area (Å²) in [6.07, 6.45) is 4.70. The Morgan fingerprint density at radius 2 is 2.20 bits per heavy atom. The highest BCUT2D eigenvalue weighted by atomic mass is 16.4. The molecule has 3 heteroatoms. The molecule has 1 heterocycles. The van der Waals surface area contributed by atoms with Crippen molar-refractivity contribution < 1.29 is 9.90 Å². The molecule has 1 aliphatic rings. The first-order chi connectivity index (χ1) is 7.13. The predicted octanol–water partition coefficient (Wildman–Crippen LogP) is 2.36. The molecule has 1 fully saturated rings. The number of likely N-dealkylation sites (tertiary alicyclic amines) is 1. The molecule has 2 unspecified atom stereocenters. The lowest BCUT2D eigenvalue weighted by Gasteiger charge is -2.22. The van der Waals surface area contributed by atoms with Gasteiger partial charge in [0, 0.05) is 19.0 Å². The van der Waals surface area contributed by atoms with Crippen molar-refractivity contribution in [1.82, 2.24) is 4.90 Å². The lowest BCUT2D eigenvalue weighted by atomic mass is 10.1. The van der Waals surface area contributed by atoms with Crippen LogP contribution >= 0.6 is 0 Å². The van der Waals surface area contributed by atoms with Crippen molar-refractivity contribution in [3.8, 4) is 0 Å². The zero-order valence-electron chi connectivity index (χ0n) is 9.91. The lowest BCUT2D eigenvalue weighted by Crippen LogP contribution is -2.30.